The molecule has 1 N–H and O–H groups in total. The summed E-state index contributed by atoms with van der Waals surface area (Å²) in [6.45, 7) is -0.237. The van der Waals surface area contributed by atoms with Gasteiger partial charge in [0.1, 0.15) is 6.54 Å². The van der Waals surface area contributed by atoms with Gasteiger partial charge in [0.05, 0.1) is 17.7 Å². The molecule has 0 spiro atoms. The van der Waals surface area contributed by atoms with Gasteiger partial charge in [0.25, 0.3) is 0 Å². The van der Waals surface area contributed by atoms with Crippen LogP contribution < -0.4 is 4.90 Å². The number of hydrogen-bond acceptors (Lipinski definition) is 4. The summed E-state index contributed by atoms with van der Waals surface area (Å²) in [6, 6.07) is 6.39. The number of anilines is 1. The molecule has 2 aromatic carbocycles. The standard InChI is InChI=1S/C15H13Cl2NO4/c1-18(7-13(19)20)12-5-9(15(21)22-2)3-8-4-10(16)6-11(17)14(8)12/h3-6H,7H2,1-2H3,(H,19,20). The van der Waals surface area contributed by atoms with Crippen LogP contribution in [0.25, 0.3) is 10.8 Å². The molecule has 7 heteroatoms. The molecule has 0 aromatic heterocycles. The second kappa shape index (κ2) is 6.42. The summed E-state index contributed by atoms with van der Waals surface area (Å²) in [4.78, 5) is 24.2. The lowest BCUT2D eigenvalue weighted by Gasteiger charge is -2.21. The van der Waals surface area contributed by atoms with Crippen molar-refractivity contribution in [1.82, 2.24) is 0 Å². The summed E-state index contributed by atoms with van der Waals surface area (Å²) < 4.78 is 4.72. The first-order valence-corrected chi connectivity index (χ1v) is 7.03. The second-order valence-electron chi connectivity index (χ2n) is 4.72. The Morgan fingerprint density at radius 2 is 1.91 bits per heavy atom. The molecular weight excluding hydrogens is 329 g/mol. The van der Waals surface area contributed by atoms with Crippen molar-refractivity contribution in [2.45, 2.75) is 0 Å². The number of carbonyl (C=O) groups excluding carboxylic acids is 1. The maximum Gasteiger partial charge on any atom is 0.337 e. The van der Waals surface area contributed by atoms with Crippen molar-refractivity contribution in [2.75, 3.05) is 25.6 Å². The van der Waals surface area contributed by atoms with Crippen LogP contribution in [0.3, 0.4) is 0 Å². The minimum absolute atomic E-state index is 0.237. The molecular formula is C15H13Cl2NO4. The van der Waals surface area contributed by atoms with Crippen LogP contribution in [0.4, 0.5) is 5.69 Å². The van der Waals surface area contributed by atoms with E-state index >= 15 is 0 Å². The van der Waals surface area contributed by atoms with Crippen molar-refractivity contribution in [1.29, 1.82) is 0 Å². The van der Waals surface area contributed by atoms with E-state index in [1.807, 2.05) is 0 Å². The number of benzene rings is 2. The molecule has 0 saturated heterocycles. The van der Waals surface area contributed by atoms with Gasteiger partial charge in [0, 0.05) is 23.1 Å². The Morgan fingerprint density at radius 3 is 2.50 bits per heavy atom. The summed E-state index contributed by atoms with van der Waals surface area (Å²) in [5.74, 6) is -1.52. The smallest absolute Gasteiger partial charge is 0.337 e. The fourth-order valence-electron chi connectivity index (χ4n) is 2.23. The topological polar surface area (TPSA) is 66.8 Å². The highest BCUT2D eigenvalue weighted by Crippen LogP contribution is 2.36. The summed E-state index contributed by atoms with van der Waals surface area (Å²) in [6.07, 6.45) is 0. The molecule has 0 aliphatic heterocycles. The number of halogens is 2. The molecule has 2 rings (SSSR count). The zero-order chi connectivity index (χ0) is 16.4. The molecule has 0 aliphatic rings. The van der Waals surface area contributed by atoms with Gasteiger partial charge in [-0.15, -0.1) is 0 Å². The van der Waals surface area contributed by atoms with E-state index in [9.17, 15) is 9.59 Å². The second-order valence-corrected chi connectivity index (χ2v) is 5.57. The molecule has 0 aliphatic carbocycles. The molecule has 0 fully saturated rings. The molecule has 0 heterocycles. The molecule has 0 atom stereocenters. The first-order chi connectivity index (χ1) is 10.3. The maximum atomic E-state index is 11.8. The normalized spacial score (nSPS) is 10.5. The Balaban J connectivity index is 2.74. The number of rotatable bonds is 4. The number of likely N-dealkylation sites (N-methyl/N-ethyl adjacent to an activating group) is 1. The predicted molar refractivity (Wildman–Crippen MR) is 86.2 cm³/mol. The number of esters is 1. The Hall–Kier alpha value is -1.98. The highest BCUT2D eigenvalue weighted by molar-refractivity contribution is 6.39. The van der Waals surface area contributed by atoms with E-state index in [1.54, 1.807) is 31.3 Å². The van der Waals surface area contributed by atoms with E-state index in [2.05, 4.69) is 0 Å². The first-order valence-electron chi connectivity index (χ1n) is 6.27. The van der Waals surface area contributed by atoms with Crippen LogP contribution in [0.15, 0.2) is 24.3 Å². The number of carboxylic acids is 1. The number of carboxylic acid groups (broad SMARTS) is 1. The minimum Gasteiger partial charge on any atom is -0.480 e. The van der Waals surface area contributed by atoms with Crippen molar-refractivity contribution in [3.05, 3.63) is 39.9 Å². The van der Waals surface area contributed by atoms with Gasteiger partial charge >= 0.3 is 11.9 Å². The quantitative estimate of drug-likeness (QED) is 0.862. The van der Waals surface area contributed by atoms with Gasteiger partial charge in [-0.05, 0) is 29.7 Å². The summed E-state index contributed by atoms with van der Waals surface area (Å²) >= 11 is 12.2. The van der Waals surface area contributed by atoms with Crippen molar-refractivity contribution < 1.29 is 19.4 Å². The van der Waals surface area contributed by atoms with Crippen molar-refractivity contribution >= 4 is 51.6 Å². The van der Waals surface area contributed by atoms with Crippen LogP contribution in [0.5, 0.6) is 0 Å². The Kier molecular flexibility index (Phi) is 4.78. The van der Waals surface area contributed by atoms with E-state index in [1.165, 1.54) is 12.0 Å². The van der Waals surface area contributed by atoms with Gasteiger partial charge in [-0.2, -0.15) is 0 Å². The Labute approximate surface area is 137 Å². The van der Waals surface area contributed by atoms with E-state index < -0.39 is 11.9 Å². The van der Waals surface area contributed by atoms with Gasteiger partial charge in [-0.3, -0.25) is 4.79 Å². The minimum atomic E-state index is -0.996. The van der Waals surface area contributed by atoms with Crippen LogP contribution in [0, 0.1) is 0 Å². The van der Waals surface area contributed by atoms with Gasteiger partial charge in [-0.1, -0.05) is 23.2 Å². The number of hydrogen-bond donors (Lipinski definition) is 1. The largest absolute Gasteiger partial charge is 0.480 e. The summed E-state index contributed by atoms with van der Waals surface area (Å²) in [5.41, 5.74) is 0.808. The van der Waals surface area contributed by atoms with E-state index in [0.29, 0.717) is 32.1 Å². The van der Waals surface area contributed by atoms with Gasteiger partial charge in [0.15, 0.2) is 0 Å². The molecule has 0 amide bonds. The third-order valence-corrected chi connectivity index (χ3v) is 3.67. The van der Waals surface area contributed by atoms with Gasteiger partial charge in [-0.25, -0.2) is 4.79 Å². The summed E-state index contributed by atoms with van der Waals surface area (Å²) in [5, 5.41) is 11.0. The monoisotopic (exact) mass is 341 g/mol. The lowest BCUT2D eigenvalue weighted by molar-refractivity contribution is -0.135. The lowest BCUT2D eigenvalue weighted by Crippen LogP contribution is -2.25. The number of carbonyl (C=O) groups is 2. The molecule has 0 unspecified atom stereocenters. The molecule has 116 valence electrons. The van der Waals surface area contributed by atoms with Crippen LogP contribution in [-0.2, 0) is 9.53 Å². The number of ether oxygens (including phenoxy) is 1. The fourth-order valence-corrected chi connectivity index (χ4v) is 2.84. The lowest BCUT2D eigenvalue weighted by atomic mass is 10.0. The van der Waals surface area contributed by atoms with E-state index in [0.717, 1.165) is 0 Å². The maximum absolute atomic E-state index is 11.8. The third kappa shape index (κ3) is 3.26. The molecule has 5 nitrogen and oxygen atoms in total. The average Bonchev–Trinajstić information content (AvgIpc) is 2.43. The molecule has 0 radical (unpaired) electrons. The fraction of sp³-hybridized carbons (Fsp3) is 0.200. The van der Waals surface area contributed by atoms with Crippen LogP contribution in [0.2, 0.25) is 10.0 Å². The number of fused-ring (bicyclic) bond motifs is 1. The van der Waals surface area contributed by atoms with Gasteiger partial charge in [0.2, 0.25) is 0 Å². The Bertz CT molecular complexity index is 761. The van der Waals surface area contributed by atoms with Crippen molar-refractivity contribution in [3.63, 3.8) is 0 Å². The number of aliphatic carboxylic acids is 1. The van der Waals surface area contributed by atoms with Crippen molar-refractivity contribution in [2.24, 2.45) is 0 Å². The molecule has 0 saturated carbocycles. The summed E-state index contributed by atoms with van der Waals surface area (Å²) in [7, 11) is 2.88. The van der Waals surface area contributed by atoms with Crippen LogP contribution in [-0.4, -0.2) is 37.7 Å². The zero-order valence-corrected chi connectivity index (χ0v) is 13.4. The van der Waals surface area contributed by atoms with E-state index in [4.69, 9.17) is 33.0 Å². The molecule has 2 aromatic rings. The SMILES string of the molecule is COC(=O)c1cc(N(C)CC(=O)O)c2c(Cl)cc(Cl)cc2c1. The molecule has 22 heavy (non-hydrogen) atoms. The zero-order valence-electron chi connectivity index (χ0n) is 11.9. The first kappa shape index (κ1) is 16.4. The predicted octanol–water partition coefficient (Wildman–Crippen LogP) is 3.45. The molecule has 0 bridgehead atoms. The highest BCUT2D eigenvalue weighted by atomic mass is 35.5. The average molecular weight is 342 g/mol. The number of nitrogens with zero attached hydrogens (tertiary/aromatic N) is 1. The Morgan fingerprint density at radius 1 is 1.23 bits per heavy atom. The number of methoxy groups -OCH3 is 1. The van der Waals surface area contributed by atoms with Crippen molar-refractivity contribution in [3.8, 4) is 0 Å². The van der Waals surface area contributed by atoms with E-state index in [-0.39, 0.29) is 6.54 Å². The van der Waals surface area contributed by atoms with Crippen LogP contribution >= 0.6 is 23.2 Å². The highest BCUT2D eigenvalue weighted by Gasteiger charge is 2.17. The van der Waals surface area contributed by atoms with Crippen LogP contribution in [0.1, 0.15) is 10.4 Å². The van der Waals surface area contributed by atoms with Gasteiger partial charge < -0.3 is 14.7 Å². The third-order valence-electron chi connectivity index (χ3n) is 3.15.